The van der Waals surface area contributed by atoms with Crippen molar-refractivity contribution in [3.05, 3.63) is 72.9 Å². The standard InChI is InChI=1S/C26H46O3.C16H28/c1-3-5-6-7-8-9-10-11-12-13-14-15-16-17-18-19-22-26(21-4-2)28-24-25(29-26)20-23-27;1-3-5-7-9-11-13-15-16-14-12-10-8-6-4-2/h5-6,8-9,11-12,25,27H,3-4,7,10,13-24H2,1-2H3;5,7,11,13-14,16H,3-4,6,8-10,12,15H2,1-2H3/b6-5-,9-8-,12-11-;7-5-,13-11-,16-14-. The lowest BCUT2D eigenvalue weighted by molar-refractivity contribution is -0.179. The van der Waals surface area contributed by atoms with E-state index in [0.29, 0.717) is 13.0 Å². The summed E-state index contributed by atoms with van der Waals surface area (Å²) in [6.45, 7) is 9.60. The first kappa shape index (κ1) is 43.3. The highest BCUT2D eigenvalue weighted by atomic mass is 16.7. The molecule has 260 valence electrons. The number of aliphatic hydroxyl groups is 1. The molecular weight excluding hydrogens is 552 g/mol. The fourth-order valence-corrected chi connectivity index (χ4v) is 5.38. The molecule has 0 aromatic rings. The zero-order valence-corrected chi connectivity index (χ0v) is 30.2. The molecule has 1 heterocycles. The molecule has 3 nitrogen and oxygen atoms in total. The van der Waals surface area contributed by atoms with Gasteiger partial charge in [0.1, 0.15) is 0 Å². The van der Waals surface area contributed by atoms with Crippen molar-refractivity contribution in [1.29, 1.82) is 0 Å². The Morgan fingerprint density at radius 1 is 0.533 bits per heavy atom. The number of hydrogen-bond donors (Lipinski definition) is 1. The molecule has 0 spiro atoms. The summed E-state index contributed by atoms with van der Waals surface area (Å²) in [6, 6.07) is 0. The van der Waals surface area contributed by atoms with Crippen LogP contribution in [0.3, 0.4) is 0 Å². The zero-order chi connectivity index (χ0) is 32.9. The van der Waals surface area contributed by atoms with Gasteiger partial charge in [-0.2, -0.15) is 0 Å². The van der Waals surface area contributed by atoms with Crippen molar-refractivity contribution < 1.29 is 14.6 Å². The molecule has 1 N–H and O–H groups in total. The molecule has 0 bridgehead atoms. The Morgan fingerprint density at radius 2 is 1.00 bits per heavy atom. The maximum absolute atomic E-state index is 9.11. The third kappa shape index (κ3) is 29.5. The smallest absolute Gasteiger partial charge is 0.168 e. The predicted octanol–water partition coefficient (Wildman–Crippen LogP) is 13.1. The molecule has 0 aromatic heterocycles. The summed E-state index contributed by atoms with van der Waals surface area (Å²) in [5, 5.41) is 9.11. The zero-order valence-electron chi connectivity index (χ0n) is 30.2. The van der Waals surface area contributed by atoms with Gasteiger partial charge in [0.05, 0.1) is 12.7 Å². The third-order valence-corrected chi connectivity index (χ3v) is 7.96. The number of allylic oxidation sites excluding steroid dienone is 12. The maximum atomic E-state index is 9.11. The third-order valence-electron chi connectivity index (χ3n) is 7.96. The molecule has 0 amide bonds. The van der Waals surface area contributed by atoms with Crippen molar-refractivity contribution in [1.82, 2.24) is 0 Å². The van der Waals surface area contributed by atoms with Gasteiger partial charge in [-0.1, -0.05) is 152 Å². The average molecular weight is 627 g/mol. The van der Waals surface area contributed by atoms with Gasteiger partial charge < -0.3 is 14.6 Å². The highest BCUT2D eigenvalue weighted by molar-refractivity contribution is 4.98. The van der Waals surface area contributed by atoms with Gasteiger partial charge in [-0.3, -0.25) is 0 Å². The van der Waals surface area contributed by atoms with Gasteiger partial charge >= 0.3 is 0 Å². The lowest BCUT2D eigenvalue weighted by atomic mass is 10.0. The van der Waals surface area contributed by atoms with E-state index in [1.165, 1.54) is 77.0 Å². The molecule has 1 fully saturated rings. The van der Waals surface area contributed by atoms with Crippen LogP contribution in [0.2, 0.25) is 0 Å². The summed E-state index contributed by atoms with van der Waals surface area (Å²) in [7, 11) is 0. The molecule has 3 heteroatoms. The van der Waals surface area contributed by atoms with Crippen molar-refractivity contribution in [2.45, 2.75) is 181 Å². The Hall–Kier alpha value is -1.68. The van der Waals surface area contributed by atoms with Crippen LogP contribution in [-0.4, -0.2) is 30.2 Å². The highest BCUT2D eigenvalue weighted by Gasteiger charge is 2.39. The van der Waals surface area contributed by atoms with E-state index in [1.54, 1.807) is 0 Å². The molecule has 0 radical (unpaired) electrons. The number of ether oxygens (including phenoxy) is 2. The van der Waals surface area contributed by atoms with Gasteiger partial charge in [0, 0.05) is 19.4 Å². The minimum absolute atomic E-state index is 0.0768. The van der Waals surface area contributed by atoms with E-state index in [1.807, 2.05) is 0 Å². The summed E-state index contributed by atoms with van der Waals surface area (Å²) in [5.74, 6) is -0.375. The van der Waals surface area contributed by atoms with Crippen molar-refractivity contribution >= 4 is 0 Å². The van der Waals surface area contributed by atoms with Crippen LogP contribution < -0.4 is 0 Å². The van der Waals surface area contributed by atoms with E-state index in [9.17, 15) is 0 Å². The molecule has 0 saturated carbocycles. The summed E-state index contributed by atoms with van der Waals surface area (Å²) in [5.41, 5.74) is 0. The van der Waals surface area contributed by atoms with Crippen LogP contribution in [0.15, 0.2) is 72.9 Å². The number of aliphatic hydroxyl groups excluding tert-OH is 1. The van der Waals surface area contributed by atoms with Crippen molar-refractivity contribution in [3.63, 3.8) is 0 Å². The van der Waals surface area contributed by atoms with E-state index in [4.69, 9.17) is 14.6 Å². The summed E-state index contributed by atoms with van der Waals surface area (Å²) in [6.07, 6.45) is 53.1. The van der Waals surface area contributed by atoms with Crippen LogP contribution in [-0.2, 0) is 9.47 Å². The fourth-order valence-electron chi connectivity index (χ4n) is 5.38. The van der Waals surface area contributed by atoms with Crippen molar-refractivity contribution in [2.75, 3.05) is 13.2 Å². The first-order chi connectivity index (χ1) is 22.2. The molecular formula is C42H74O3. The molecule has 1 saturated heterocycles. The molecule has 1 aliphatic heterocycles. The van der Waals surface area contributed by atoms with Gasteiger partial charge in [-0.05, 0) is 77.0 Å². The molecule has 45 heavy (non-hydrogen) atoms. The van der Waals surface area contributed by atoms with Gasteiger partial charge in [0.15, 0.2) is 5.79 Å². The maximum Gasteiger partial charge on any atom is 0.168 e. The Morgan fingerprint density at radius 3 is 1.49 bits per heavy atom. The van der Waals surface area contributed by atoms with E-state index < -0.39 is 0 Å². The number of hydrogen-bond acceptors (Lipinski definition) is 3. The molecule has 0 aliphatic carbocycles. The molecule has 0 aromatic carbocycles. The van der Waals surface area contributed by atoms with Gasteiger partial charge in [0.25, 0.3) is 0 Å². The second kappa shape index (κ2) is 35.2. The Bertz CT molecular complexity index is 775. The molecule has 2 atom stereocenters. The van der Waals surface area contributed by atoms with Gasteiger partial charge in [0.2, 0.25) is 0 Å². The fraction of sp³-hybridized carbons (Fsp3) is 0.714. The Labute approximate surface area is 281 Å². The lowest BCUT2D eigenvalue weighted by Gasteiger charge is -2.28. The Balaban J connectivity index is 0.00000103. The van der Waals surface area contributed by atoms with Crippen LogP contribution in [0.1, 0.15) is 169 Å². The quantitative estimate of drug-likeness (QED) is 0.0693. The number of rotatable bonds is 28. The second-order valence-corrected chi connectivity index (χ2v) is 12.3. The normalized spacial score (nSPS) is 19.0. The largest absolute Gasteiger partial charge is 0.396 e. The first-order valence-corrected chi connectivity index (χ1v) is 19.0. The van der Waals surface area contributed by atoms with E-state index in [-0.39, 0.29) is 18.5 Å². The van der Waals surface area contributed by atoms with Crippen LogP contribution in [0.4, 0.5) is 0 Å². The van der Waals surface area contributed by atoms with Crippen LogP contribution in [0, 0.1) is 0 Å². The SMILES string of the molecule is CC/C=C\C/C=C\C/C=C\CCCCCC.CC/C=C\C/C=C\C/C=C\CCCCCCCCC1(CCC)OCC(CCO)O1. The van der Waals surface area contributed by atoms with E-state index >= 15 is 0 Å². The van der Waals surface area contributed by atoms with Crippen LogP contribution >= 0.6 is 0 Å². The molecule has 1 rings (SSSR count). The monoisotopic (exact) mass is 627 g/mol. The Kier molecular flexibility index (Phi) is 33.9. The lowest BCUT2D eigenvalue weighted by Crippen LogP contribution is -2.31. The van der Waals surface area contributed by atoms with Crippen molar-refractivity contribution in [2.24, 2.45) is 0 Å². The topological polar surface area (TPSA) is 38.7 Å². The highest BCUT2D eigenvalue weighted by Crippen LogP contribution is 2.34. The van der Waals surface area contributed by atoms with E-state index in [2.05, 4.69) is 101 Å². The van der Waals surface area contributed by atoms with Crippen LogP contribution in [0.25, 0.3) is 0 Å². The molecule has 2 unspecified atom stereocenters. The summed E-state index contributed by atoms with van der Waals surface area (Å²) >= 11 is 0. The summed E-state index contributed by atoms with van der Waals surface area (Å²) < 4.78 is 12.2. The minimum atomic E-state index is -0.375. The number of unbranched alkanes of at least 4 members (excludes halogenated alkanes) is 10. The predicted molar refractivity (Wildman–Crippen MR) is 200 cm³/mol. The van der Waals surface area contributed by atoms with Crippen molar-refractivity contribution in [3.8, 4) is 0 Å². The van der Waals surface area contributed by atoms with E-state index in [0.717, 1.165) is 57.8 Å². The summed E-state index contributed by atoms with van der Waals surface area (Å²) in [4.78, 5) is 0. The van der Waals surface area contributed by atoms with Gasteiger partial charge in [-0.25, -0.2) is 0 Å². The van der Waals surface area contributed by atoms with Crippen LogP contribution in [0.5, 0.6) is 0 Å². The minimum Gasteiger partial charge on any atom is -0.396 e. The second-order valence-electron chi connectivity index (χ2n) is 12.3. The van der Waals surface area contributed by atoms with Gasteiger partial charge in [-0.15, -0.1) is 0 Å². The average Bonchev–Trinajstić information content (AvgIpc) is 3.44. The molecule has 1 aliphatic rings. The first-order valence-electron chi connectivity index (χ1n) is 19.0.